The molecule has 1 aromatic heterocycles. The molecule has 0 amide bonds. The standard InChI is InChI=1S/C19H32N6/c1-5-8-17(21-18-14-16(23-24-18)15-10-11-15)22-19(9-6-2)25(4)13-7-12-20-3/h5,8-9,14-15,20H,6-7,10-13H2,1-4H3,(H2,21,22,23,24)/b8-5-,19-9-. The number of amidine groups is 1. The van der Waals surface area contributed by atoms with Crippen LogP contribution in [0.5, 0.6) is 0 Å². The van der Waals surface area contributed by atoms with Crippen molar-refractivity contribution >= 4 is 11.7 Å². The van der Waals surface area contributed by atoms with Gasteiger partial charge in [-0.15, -0.1) is 0 Å². The highest BCUT2D eigenvalue weighted by Gasteiger charge is 2.25. The summed E-state index contributed by atoms with van der Waals surface area (Å²) >= 11 is 0. The lowest BCUT2D eigenvalue weighted by Gasteiger charge is -2.20. The zero-order valence-electron chi connectivity index (χ0n) is 16.0. The molecule has 0 radical (unpaired) electrons. The van der Waals surface area contributed by atoms with Gasteiger partial charge in [-0.25, -0.2) is 4.99 Å². The number of aromatic amines is 1. The van der Waals surface area contributed by atoms with Crippen LogP contribution in [0.3, 0.4) is 0 Å². The molecule has 138 valence electrons. The molecule has 6 nitrogen and oxygen atoms in total. The highest BCUT2D eigenvalue weighted by Crippen LogP contribution is 2.39. The van der Waals surface area contributed by atoms with E-state index in [1.807, 2.05) is 26.1 Å². The fourth-order valence-corrected chi connectivity index (χ4v) is 2.60. The molecule has 1 fully saturated rings. The van der Waals surface area contributed by atoms with Gasteiger partial charge in [-0.1, -0.05) is 13.0 Å². The van der Waals surface area contributed by atoms with Crippen molar-refractivity contribution in [2.24, 2.45) is 4.99 Å². The number of rotatable bonds is 10. The molecule has 0 unspecified atom stereocenters. The molecular formula is C19H32N6. The largest absolute Gasteiger partial charge is 0.360 e. The summed E-state index contributed by atoms with van der Waals surface area (Å²) in [4.78, 5) is 7.03. The Morgan fingerprint density at radius 2 is 2.28 bits per heavy atom. The van der Waals surface area contributed by atoms with Crippen molar-refractivity contribution in [1.29, 1.82) is 0 Å². The highest BCUT2D eigenvalue weighted by atomic mass is 15.2. The average molecular weight is 345 g/mol. The third-order valence-corrected chi connectivity index (χ3v) is 4.13. The number of nitrogens with one attached hydrogen (secondary N) is 3. The van der Waals surface area contributed by atoms with E-state index >= 15 is 0 Å². The minimum absolute atomic E-state index is 0.666. The van der Waals surface area contributed by atoms with Crippen LogP contribution in [0, 0.1) is 0 Å². The van der Waals surface area contributed by atoms with Gasteiger partial charge in [0.1, 0.15) is 11.7 Å². The molecule has 0 saturated heterocycles. The Morgan fingerprint density at radius 1 is 1.48 bits per heavy atom. The van der Waals surface area contributed by atoms with Gasteiger partial charge in [0.25, 0.3) is 0 Å². The van der Waals surface area contributed by atoms with Crippen LogP contribution in [-0.2, 0) is 0 Å². The van der Waals surface area contributed by atoms with E-state index in [2.05, 4.69) is 51.8 Å². The molecule has 25 heavy (non-hydrogen) atoms. The van der Waals surface area contributed by atoms with Crippen LogP contribution >= 0.6 is 0 Å². The second kappa shape index (κ2) is 10.0. The lowest BCUT2D eigenvalue weighted by Crippen LogP contribution is -2.23. The van der Waals surface area contributed by atoms with Crippen LogP contribution in [0.4, 0.5) is 5.82 Å². The van der Waals surface area contributed by atoms with Crippen LogP contribution in [0.15, 0.2) is 35.1 Å². The average Bonchev–Trinajstić information content (AvgIpc) is 3.34. The Hall–Kier alpha value is -2.08. The molecule has 1 saturated carbocycles. The summed E-state index contributed by atoms with van der Waals surface area (Å²) in [6, 6.07) is 2.09. The summed E-state index contributed by atoms with van der Waals surface area (Å²) in [7, 11) is 4.07. The number of aliphatic imine (C=N–C) groups is 1. The monoisotopic (exact) mass is 344 g/mol. The molecule has 0 bridgehead atoms. The highest BCUT2D eigenvalue weighted by molar-refractivity contribution is 6.03. The normalized spacial score (nSPS) is 15.8. The maximum absolute atomic E-state index is 4.83. The molecule has 2 rings (SSSR count). The molecule has 1 aliphatic rings. The number of H-pyrrole nitrogens is 1. The van der Waals surface area contributed by atoms with Crippen LogP contribution < -0.4 is 10.6 Å². The summed E-state index contributed by atoms with van der Waals surface area (Å²) in [5.74, 6) is 3.28. The van der Waals surface area contributed by atoms with Crippen molar-refractivity contribution in [2.75, 3.05) is 32.5 Å². The summed E-state index contributed by atoms with van der Waals surface area (Å²) < 4.78 is 0. The van der Waals surface area contributed by atoms with E-state index < -0.39 is 0 Å². The van der Waals surface area contributed by atoms with Gasteiger partial charge in [0, 0.05) is 31.3 Å². The quantitative estimate of drug-likeness (QED) is 0.345. The van der Waals surface area contributed by atoms with Crippen molar-refractivity contribution in [1.82, 2.24) is 20.4 Å². The van der Waals surface area contributed by atoms with E-state index in [4.69, 9.17) is 4.99 Å². The Morgan fingerprint density at radius 3 is 2.92 bits per heavy atom. The first kappa shape index (κ1) is 19.2. The fraction of sp³-hybridized carbons (Fsp3) is 0.579. The summed E-state index contributed by atoms with van der Waals surface area (Å²) in [5.41, 5.74) is 1.22. The van der Waals surface area contributed by atoms with Gasteiger partial charge in [0.05, 0.1) is 0 Å². The summed E-state index contributed by atoms with van der Waals surface area (Å²) in [5, 5.41) is 14.0. The number of nitrogens with zero attached hydrogens (tertiary/aromatic N) is 3. The number of hydrogen-bond donors (Lipinski definition) is 3. The first-order valence-electron chi connectivity index (χ1n) is 9.27. The van der Waals surface area contributed by atoms with Gasteiger partial charge >= 0.3 is 0 Å². The fourth-order valence-electron chi connectivity index (χ4n) is 2.60. The van der Waals surface area contributed by atoms with Crippen LogP contribution in [-0.4, -0.2) is 48.1 Å². The van der Waals surface area contributed by atoms with Crippen LogP contribution in [0.2, 0.25) is 0 Å². The molecule has 1 heterocycles. The number of hydrogen-bond acceptors (Lipinski definition) is 4. The van der Waals surface area contributed by atoms with Crippen molar-refractivity contribution in [3.63, 3.8) is 0 Å². The zero-order chi connectivity index (χ0) is 18.1. The van der Waals surface area contributed by atoms with Gasteiger partial charge < -0.3 is 15.5 Å². The second-order valence-corrected chi connectivity index (χ2v) is 6.45. The molecule has 6 heteroatoms. The second-order valence-electron chi connectivity index (χ2n) is 6.45. The van der Waals surface area contributed by atoms with Crippen molar-refractivity contribution in [3.05, 3.63) is 35.8 Å². The SMILES string of the molecule is C\C=C/C(=N\C(=C\CC)N(C)CCCNC)Nc1cc(C2CC2)[nH]n1. The maximum Gasteiger partial charge on any atom is 0.153 e. The van der Waals surface area contributed by atoms with Crippen molar-refractivity contribution < 1.29 is 0 Å². The molecule has 0 aromatic carbocycles. The zero-order valence-corrected chi connectivity index (χ0v) is 16.0. The molecule has 1 aromatic rings. The molecule has 0 spiro atoms. The third-order valence-electron chi connectivity index (χ3n) is 4.13. The Kier molecular flexibility index (Phi) is 7.73. The van der Waals surface area contributed by atoms with Crippen LogP contribution in [0.1, 0.15) is 51.1 Å². The van der Waals surface area contributed by atoms with E-state index in [0.717, 1.165) is 43.4 Å². The van der Waals surface area contributed by atoms with E-state index in [1.165, 1.54) is 18.5 Å². The Bertz CT molecular complexity index is 609. The Balaban J connectivity index is 2.08. The summed E-state index contributed by atoms with van der Waals surface area (Å²) in [6.07, 6.45) is 10.7. The molecule has 0 atom stereocenters. The number of allylic oxidation sites excluding steroid dienone is 2. The summed E-state index contributed by atoms with van der Waals surface area (Å²) in [6.45, 7) is 6.10. The minimum atomic E-state index is 0.666. The van der Waals surface area contributed by atoms with Gasteiger partial charge in [0.2, 0.25) is 0 Å². The van der Waals surface area contributed by atoms with E-state index in [-0.39, 0.29) is 0 Å². The molecular weight excluding hydrogens is 312 g/mol. The van der Waals surface area contributed by atoms with Gasteiger partial charge in [0.15, 0.2) is 5.82 Å². The molecule has 1 aliphatic carbocycles. The van der Waals surface area contributed by atoms with E-state index in [9.17, 15) is 0 Å². The van der Waals surface area contributed by atoms with Gasteiger partial charge in [-0.3, -0.25) is 5.10 Å². The first-order valence-corrected chi connectivity index (χ1v) is 9.27. The number of aromatic nitrogens is 2. The van der Waals surface area contributed by atoms with Gasteiger partial charge in [-0.2, -0.15) is 5.10 Å². The smallest absolute Gasteiger partial charge is 0.153 e. The minimum Gasteiger partial charge on any atom is -0.360 e. The molecule has 0 aliphatic heterocycles. The Labute approximate surface area is 151 Å². The first-order chi connectivity index (χ1) is 12.2. The van der Waals surface area contributed by atoms with E-state index in [0.29, 0.717) is 5.92 Å². The third kappa shape index (κ3) is 6.38. The van der Waals surface area contributed by atoms with Crippen molar-refractivity contribution in [2.45, 2.75) is 45.4 Å². The molecule has 3 N–H and O–H groups in total. The van der Waals surface area contributed by atoms with Crippen LogP contribution in [0.25, 0.3) is 0 Å². The van der Waals surface area contributed by atoms with Crippen molar-refractivity contribution in [3.8, 4) is 0 Å². The predicted octanol–water partition coefficient (Wildman–Crippen LogP) is 3.47. The van der Waals surface area contributed by atoms with E-state index in [1.54, 1.807) is 0 Å². The predicted molar refractivity (Wildman–Crippen MR) is 106 cm³/mol. The topological polar surface area (TPSA) is 68.3 Å². The number of anilines is 1. The maximum atomic E-state index is 4.83. The van der Waals surface area contributed by atoms with Gasteiger partial charge in [-0.05, 0) is 58.4 Å². The lowest BCUT2D eigenvalue weighted by atomic mass is 10.3. The lowest BCUT2D eigenvalue weighted by molar-refractivity contribution is 0.401.